The lowest BCUT2D eigenvalue weighted by molar-refractivity contribution is 1.25. The second-order valence-corrected chi connectivity index (χ2v) is 13.8. The highest BCUT2D eigenvalue weighted by molar-refractivity contribution is 7.00. The monoisotopic (exact) mass is 662 g/mol. The molecule has 2 aliphatic rings. The van der Waals surface area contributed by atoms with Gasteiger partial charge in [-0.3, -0.25) is 0 Å². The van der Waals surface area contributed by atoms with E-state index in [1.165, 1.54) is 78.1 Å². The van der Waals surface area contributed by atoms with Crippen LogP contribution in [0.15, 0.2) is 194 Å². The van der Waals surface area contributed by atoms with Gasteiger partial charge in [0.05, 0.1) is 0 Å². The second kappa shape index (κ2) is 12.3. The number of para-hydroxylation sites is 3. The lowest BCUT2D eigenvalue weighted by Gasteiger charge is -2.44. The fourth-order valence-electron chi connectivity index (χ4n) is 8.51. The summed E-state index contributed by atoms with van der Waals surface area (Å²) in [5.74, 6) is 0. The minimum Gasteiger partial charge on any atom is -0.311 e. The van der Waals surface area contributed by atoms with Gasteiger partial charge in [-0.2, -0.15) is 0 Å². The molecule has 10 rings (SSSR count). The van der Waals surface area contributed by atoms with Crippen LogP contribution in [0.2, 0.25) is 0 Å². The Hall–Kier alpha value is -6.58. The summed E-state index contributed by atoms with van der Waals surface area (Å²) >= 11 is 0. The molecule has 0 amide bonds. The van der Waals surface area contributed by atoms with Gasteiger partial charge in [0.2, 0.25) is 0 Å². The first kappa shape index (κ1) is 30.3. The molecule has 52 heavy (non-hydrogen) atoms. The van der Waals surface area contributed by atoms with Crippen LogP contribution in [0, 0.1) is 6.92 Å². The average molecular weight is 663 g/mol. The van der Waals surface area contributed by atoms with E-state index in [2.05, 4.69) is 211 Å². The van der Waals surface area contributed by atoms with E-state index >= 15 is 0 Å². The molecule has 0 saturated carbocycles. The molecule has 0 fully saturated rings. The maximum atomic E-state index is 2.50. The molecule has 0 aliphatic carbocycles. The zero-order chi connectivity index (χ0) is 34.6. The van der Waals surface area contributed by atoms with Crippen LogP contribution >= 0.6 is 0 Å². The van der Waals surface area contributed by atoms with E-state index in [9.17, 15) is 0 Å². The lowest BCUT2D eigenvalue weighted by atomic mass is 9.33. The first-order chi connectivity index (χ1) is 25.7. The highest BCUT2D eigenvalue weighted by Gasteiger charge is 2.43. The van der Waals surface area contributed by atoms with Gasteiger partial charge in [-0.1, -0.05) is 151 Å². The Bertz CT molecular complexity index is 2510. The Morgan fingerprint density at radius 2 is 0.846 bits per heavy atom. The minimum absolute atomic E-state index is 0.0723. The molecule has 8 aromatic rings. The predicted octanol–water partition coefficient (Wildman–Crippen LogP) is 11.1. The smallest absolute Gasteiger partial charge is 0.252 e. The summed E-state index contributed by atoms with van der Waals surface area (Å²) in [4.78, 5) is 4.99. The van der Waals surface area contributed by atoms with Gasteiger partial charge < -0.3 is 9.80 Å². The van der Waals surface area contributed by atoms with E-state index in [0.717, 1.165) is 11.4 Å². The van der Waals surface area contributed by atoms with E-state index in [4.69, 9.17) is 0 Å². The fourth-order valence-corrected chi connectivity index (χ4v) is 8.51. The van der Waals surface area contributed by atoms with Crippen molar-refractivity contribution < 1.29 is 0 Å². The summed E-state index contributed by atoms with van der Waals surface area (Å²) in [6.45, 7) is 2.28. The molecular formula is C49H35BN2. The van der Waals surface area contributed by atoms with Crippen molar-refractivity contribution in [1.82, 2.24) is 0 Å². The lowest BCUT2D eigenvalue weighted by Crippen LogP contribution is -2.61. The molecule has 8 aromatic carbocycles. The zero-order valence-corrected chi connectivity index (χ0v) is 28.9. The molecule has 2 heterocycles. The first-order valence-corrected chi connectivity index (χ1v) is 18.1. The van der Waals surface area contributed by atoms with E-state index < -0.39 is 0 Å². The number of anilines is 6. The van der Waals surface area contributed by atoms with Crippen molar-refractivity contribution in [1.29, 1.82) is 0 Å². The molecule has 0 bridgehead atoms. The van der Waals surface area contributed by atoms with Gasteiger partial charge in [-0.25, -0.2) is 0 Å². The molecule has 0 spiro atoms. The zero-order valence-electron chi connectivity index (χ0n) is 28.9. The van der Waals surface area contributed by atoms with E-state index in [-0.39, 0.29) is 6.71 Å². The maximum absolute atomic E-state index is 2.50. The number of hydrogen-bond donors (Lipinski definition) is 0. The Morgan fingerprint density at radius 1 is 0.365 bits per heavy atom. The largest absolute Gasteiger partial charge is 0.311 e. The number of nitrogens with zero attached hydrogens (tertiary/aromatic N) is 2. The highest BCUT2D eigenvalue weighted by Crippen LogP contribution is 2.48. The molecule has 3 heteroatoms. The minimum atomic E-state index is 0.0723. The molecule has 2 nitrogen and oxygen atoms in total. The van der Waals surface area contributed by atoms with Gasteiger partial charge in [0, 0.05) is 34.1 Å². The molecular weight excluding hydrogens is 627 g/mol. The summed E-state index contributed by atoms with van der Waals surface area (Å²) in [6, 6.07) is 71.1. The van der Waals surface area contributed by atoms with Gasteiger partial charge in [-0.15, -0.1) is 0 Å². The van der Waals surface area contributed by atoms with Gasteiger partial charge in [0.1, 0.15) is 0 Å². The number of fused-ring (bicyclic) bond motifs is 4. The van der Waals surface area contributed by atoms with Gasteiger partial charge in [0.15, 0.2) is 0 Å². The summed E-state index contributed by atoms with van der Waals surface area (Å²) in [7, 11) is 0. The first-order valence-electron chi connectivity index (χ1n) is 18.1. The van der Waals surface area contributed by atoms with Gasteiger partial charge >= 0.3 is 0 Å². The van der Waals surface area contributed by atoms with Crippen molar-refractivity contribution in [3.8, 4) is 33.4 Å². The summed E-state index contributed by atoms with van der Waals surface area (Å²) < 4.78 is 0. The SMILES string of the molecule is Cc1ccc2c(c1)B1c3ccccc3N(c3ccccc3)c3cc(-c4c(-c5ccccc5)cccc4-c4ccccc4)cc(c31)N2c1ccccc1. The van der Waals surface area contributed by atoms with Crippen LogP contribution in [0.25, 0.3) is 33.4 Å². The topological polar surface area (TPSA) is 6.48 Å². The normalized spacial score (nSPS) is 12.6. The third-order valence-electron chi connectivity index (χ3n) is 10.7. The quantitative estimate of drug-likeness (QED) is 0.169. The van der Waals surface area contributed by atoms with Crippen LogP contribution in [0.5, 0.6) is 0 Å². The van der Waals surface area contributed by atoms with Crippen LogP contribution in [0.3, 0.4) is 0 Å². The Morgan fingerprint density at radius 3 is 1.40 bits per heavy atom. The van der Waals surface area contributed by atoms with Crippen molar-refractivity contribution >= 4 is 57.2 Å². The van der Waals surface area contributed by atoms with E-state index in [1.54, 1.807) is 0 Å². The van der Waals surface area contributed by atoms with Crippen LogP contribution in [0.1, 0.15) is 5.56 Å². The summed E-state index contributed by atoms with van der Waals surface area (Å²) in [6.07, 6.45) is 0. The number of rotatable bonds is 5. The average Bonchev–Trinajstić information content (AvgIpc) is 3.21. The van der Waals surface area contributed by atoms with Crippen molar-refractivity contribution in [2.45, 2.75) is 6.92 Å². The summed E-state index contributed by atoms with van der Waals surface area (Å²) in [5.41, 5.74) is 19.6. The van der Waals surface area contributed by atoms with Crippen molar-refractivity contribution in [2.24, 2.45) is 0 Å². The third-order valence-corrected chi connectivity index (χ3v) is 10.7. The second-order valence-electron chi connectivity index (χ2n) is 13.8. The molecule has 0 aromatic heterocycles. The Labute approximate surface area is 306 Å². The predicted molar refractivity (Wildman–Crippen MR) is 222 cm³/mol. The number of aryl methyl sites for hydroxylation is 1. The van der Waals surface area contributed by atoms with Crippen molar-refractivity contribution in [2.75, 3.05) is 9.80 Å². The fraction of sp³-hybridized carbons (Fsp3) is 0.0204. The highest BCUT2D eigenvalue weighted by atomic mass is 15.2. The van der Waals surface area contributed by atoms with Crippen molar-refractivity contribution in [3.05, 3.63) is 200 Å². The molecule has 244 valence electrons. The molecule has 0 radical (unpaired) electrons. The Kier molecular flexibility index (Phi) is 7.18. The van der Waals surface area contributed by atoms with E-state index in [1.807, 2.05) is 0 Å². The summed E-state index contributed by atoms with van der Waals surface area (Å²) in [5, 5.41) is 0. The molecule has 0 unspecified atom stereocenters. The van der Waals surface area contributed by atoms with Gasteiger partial charge in [-0.05, 0) is 105 Å². The molecule has 2 aliphatic heterocycles. The third kappa shape index (κ3) is 4.81. The molecule has 0 atom stereocenters. The van der Waals surface area contributed by atoms with Crippen molar-refractivity contribution in [3.63, 3.8) is 0 Å². The maximum Gasteiger partial charge on any atom is 0.252 e. The van der Waals surface area contributed by atoms with Crippen LogP contribution in [-0.2, 0) is 0 Å². The van der Waals surface area contributed by atoms with Gasteiger partial charge in [0.25, 0.3) is 6.71 Å². The van der Waals surface area contributed by atoms with E-state index in [0.29, 0.717) is 0 Å². The number of hydrogen-bond acceptors (Lipinski definition) is 2. The molecule has 0 saturated heterocycles. The van der Waals surface area contributed by atoms with Crippen LogP contribution in [0.4, 0.5) is 34.1 Å². The Balaban J connectivity index is 1.36. The van der Waals surface area contributed by atoms with Crippen LogP contribution < -0.4 is 26.2 Å². The van der Waals surface area contributed by atoms with Crippen LogP contribution in [-0.4, -0.2) is 6.71 Å². The standard InChI is InChI=1S/C49H35BN2/c1-34-29-30-45-43(31-34)50-42-27-14-15-28-44(42)51(38-21-10-4-11-22-38)46-32-37(33-47(49(46)50)52(45)39-23-12-5-13-24-39)48-40(35-17-6-2-7-18-35)25-16-26-41(48)36-19-8-3-9-20-36/h2-33H,1H3. The molecule has 0 N–H and O–H groups in total. The number of benzene rings is 8.